The Labute approximate surface area is 156 Å². The van der Waals surface area contributed by atoms with Gasteiger partial charge >= 0.3 is 0 Å². The number of aromatic nitrogens is 3. The van der Waals surface area contributed by atoms with Crippen LogP contribution in [0.5, 0.6) is 5.75 Å². The fourth-order valence-electron chi connectivity index (χ4n) is 3.22. The second-order valence-electron chi connectivity index (χ2n) is 6.35. The number of ether oxygens (including phenoxy) is 1. The maximum absolute atomic E-state index is 5.49. The molecule has 2 aromatic heterocycles. The highest BCUT2D eigenvalue weighted by Crippen LogP contribution is 2.33. The topological polar surface area (TPSA) is 74.2 Å². The minimum absolute atomic E-state index is 0.462. The SMILES string of the molecule is COc1ccccc1-c1noc(-c2ccc(-c3c(C)noc3C)c(C)c2)n1. The maximum Gasteiger partial charge on any atom is 0.258 e. The van der Waals surface area contributed by atoms with Crippen molar-refractivity contribution in [1.82, 2.24) is 15.3 Å². The highest BCUT2D eigenvalue weighted by atomic mass is 16.5. The Kier molecular flexibility index (Phi) is 4.24. The Bertz CT molecular complexity index is 1090. The van der Waals surface area contributed by atoms with Crippen LogP contribution in [0.1, 0.15) is 17.0 Å². The predicted octanol–water partition coefficient (Wildman–Crippen LogP) is 4.99. The molecule has 0 fully saturated rings. The van der Waals surface area contributed by atoms with Gasteiger partial charge in [-0.15, -0.1) is 0 Å². The molecule has 6 nitrogen and oxygen atoms in total. The molecule has 2 heterocycles. The molecule has 0 aliphatic heterocycles. The number of benzene rings is 2. The molecule has 6 heteroatoms. The van der Waals surface area contributed by atoms with Gasteiger partial charge in [0.1, 0.15) is 11.5 Å². The third kappa shape index (κ3) is 2.99. The molecule has 0 saturated heterocycles. The van der Waals surface area contributed by atoms with Gasteiger partial charge in [-0.25, -0.2) is 0 Å². The Hall–Kier alpha value is -3.41. The zero-order valence-electron chi connectivity index (χ0n) is 15.6. The molecular weight excluding hydrogens is 342 g/mol. The van der Waals surface area contributed by atoms with E-state index in [1.54, 1.807) is 7.11 Å². The van der Waals surface area contributed by atoms with Crippen LogP contribution in [0, 0.1) is 20.8 Å². The number of nitrogens with zero attached hydrogens (tertiary/aromatic N) is 3. The zero-order chi connectivity index (χ0) is 19.0. The van der Waals surface area contributed by atoms with Crippen molar-refractivity contribution in [3.05, 3.63) is 59.5 Å². The van der Waals surface area contributed by atoms with Crippen LogP contribution in [-0.2, 0) is 0 Å². The molecule has 0 aliphatic carbocycles. The standard InChI is InChI=1S/C21H19N3O3/c1-12-11-15(9-10-16(12)19-13(2)23-26-14(19)3)21-22-20(24-27-21)17-7-5-6-8-18(17)25-4/h5-11H,1-4H3. The number of aryl methyl sites for hydroxylation is 3. The van der Waals surface area contributed by atoms with E-state index >= 15 is 0 Å². The predicted molar refractivity (Wildman–Crippen MR) is 101 cm³/mol. The van der Waals surface area contributed by atoms with E-state index in [0.717, 1.165) is 39.3 Å². The Morgan fingerprint density at radius 3 is 2.41 bits per heavy atom. The van der Waals surface area contributed by atoms with E-state index < -0.39 is 0 Å². The fourth-order valence-corrected chi connectivity index (χ4v) is 3.22. The number of hydrogen-bond donors (Lipinski definition) is 0. The molecule has 4 rings (SSSR count). The Balaban J connectivity index is 1.71. The lowest BCUT2D eigenvalue weighted by molar-refractivity contribution is 0.393. The van der Waals surface area contributed by atoms with Crippen molar-refractivity contribution < 1.29 is 13.8 Å². The highest BCUT2D eigenvalue weighted by molar-refractivity contribution is 5.74. The first kappa shape index (κ1) is 17.0. The normalized spacial score (nSPS) is 11.0. The first-order valence-electron chi connectivity index (χ1n) is 8.60. The summed E-state index contributed by atoms with van der Waals surface area (Å²) in [6.45, 7) is 5.90. The van der Waals surface area contributed by atoms with E-state index in [9.17, 15) is 0 Å². The van der Waals surface area contributed by atoms with Gasteiger partial charge in [-0.1, -0.05) is 28.5 Å². The summed E-state index contributed by atoms with van der Waals surface area (Å²) in [6.07, 6.45) is 0. The number of hydrogen-bond acceptors (Lipinski definition) is 6. The highest BCUT2D eigenvalue weighted by Gasteiger charge is 2.17. The molecule has 0 bridgehead atoms. The number of methoxy groups -OCH3 is 1. The van der Waals surface area contributed by atoms with E-state index in [1.807, 2.05) is 63.2 Å². The van der Waals surface area contributed by atoms with Gasteiger partial charge in [-0.05, 0) is 56.2 Å². The third-order valence-corrected chi connectivity index (χ3v) is 4.55. The van der Waals surface area contributed by atoms with Crippen LogP contribution < -0.4 is 4.74 Å². The molecule has 0 unspecified atom stereocenters. The van der Waals surface area contributed by atoms with Crippen molar-refractivity contribution in [2.45, 2.75) is 20.8 Å². The molecule has 0 atom stereocenters. The fraction of sp³-hybridized carbons (Fsp3) is 0.190. The van der Waals surface area contributed by atoms with Gasteiger partial charge in [0.05, 0.1) is 18.4 Å². The van der Waals surface area contributed by atoms with Gasteiger partial charge < -0.3 is 13.8 Å². The summed E-state index contributed by atoms with van der Waals surface area (Å²) in [5, 5.41) is 8.15. The molecule has 2 aromatic carbocycles. The van der Waals surface area contributed by atoms with Gasteiger partial charge in [-0.3, -0.25) is 0 Å². The van der Waals surface area contributed by atoms with Crippen molar-refractivity contribution >= 4 is 0 Å². The van der Waals surface area contributed by atoms with Gasteiger partial charge in [0.2, 0.25) is 5.82 Å². The summed E-state index contributed by atoms with van der Waals surface area (Å²) in [7, 11) is 1.62. The quantitative estimate of drug-likeness (QED) is 0.510. The minimum atomic E-state index is 0.462. The van der Waals surface area contributed by atoms with E-state index in [1.165, 1.54) is 0 Å². The summed E-state index contributed by atoms with van der Waals surface area (Å²) in [5.41, 5.74) is 5.72. The van der Waals surface area contributed by atoms with Crippen molar-refractivity contribution in [1.29, 1.82) is 0 Å². The van der Waals surface area contributed by atoms with Gasteiger partial charge in [0.15, 0.2) is 0 Å². The van der Waals surface area contributed by atoms with Gasteiger partial charge in [-0.2, -0.15) is 4.98 Å². The molecule has 0 N–H and O–H groups in total. The monoisotopic (exact) mass is 361 g/mol. The third-order valence-electron chi connectivity index (χ3n) is 4.55. The summed E-state index contributed by atoms with van der Waals surface area (Å²) in [6, 6.07) is 13.6. The van der Waals surface area contributed by atoms with Gasteiger partial charge in [0, 0.05) is 11.1 Å². The molecule has 0 amide bonds. The minimum Gasteiger partial charge on any atom is -0.496 e. The van der Waals surface area contributed by atoms with Crippen LogP contribution in [0.25, 0.3) is 34.0 Å². The van der Waals surface area contributed by atoms with E-state index in [2.05, 4.69) is 15.3 Å². The molecule has 27 heavy (non-hydrogen) atoms. The zero-order valence-corrected chi connectivity index (χ0v) is 15.6. The van der Waals surface area contributed by atoms with Crippen molar-refractivity contribution in [3.63, 3.8) is 0 Å². The van der Waals surface area contributed by atoms with Crippen LogP contribution >= 0.6 is 0 Å². The van der Waals surface area contributed by atoms with Gasteiger partial charge in [0.25, 0.3) is 5.89 Å². The van der Waals surface area contributed by atoms with Crippen LogP contribution in [0.15, 0.2) is 51.5 Å². The van der Waals surface area contributed by atoms with Crippen LogP contribution in [0.4, 0.5) is 0 Å². The molecule has 4 aromatic rings. The summed E-state index contributed by atoms with van der Waals surface area (Å²) in [5.74, 6) is 2.47. The van der Waals surface area contributed by atoms with E-state index in [-0.39, 0.29) is 0 Å². The van der Waals surface area contributed by atoms with Crippen molar-refractivity contribution in [3.8, 4) is 39.7 Å². The molecule has 0 radical (unpaired) electrons. The summed E-state index contributed by atoms with van der Waals surface area (Å²) in [4.78, 5) is 4.54. The lowest BCUT2D eigenvalue weighted by Crippen LogP contribution is -1.89. The largest absolute Gasteiger partial charge is 0.496 e. The van der Waals surface area contributed by atoms with E-state index in [0.29, 0.717) is 17.5 Å². The smallest absolute Gasteiger partial charge is 0.258 e. The lowest BCUT2D eigenvalue weighted by atomic mass is 9.97. The summed E-state index contributed by atoms with van der Waals surface area (Å²) < 4.78 is 16.2. The molecule has 0 saturated carbocycles. The Morgan fingerprint density at radius 2 is 1.70 bits per heavy atom. The Morgan fingerprint density at radius 1 is 0.889 bits per heavy atom. The molecule has 0 spiro atoms. The lowest BCUT2D eigenvalue weighted by Gasteiger charge is -2.06. The first-order valence-corrected chi connectivity index (χ1v) is 8.60. The van der Waals surface area contributed by atoms with Crippen molar-refractivity contribution in [2.75, 3.05) is 7.11 Å². The number of para-hydroxylation sites is 1. The average molecular weight is 361 g/mol. The molecule has 136 valence electrons. The maximum atomic E-state index is 5.49. The molecule has 0 aliphatic rings. The second kappa shape index (κ2) is 6.72. The first-order chi connectivity index (χ1) is 13.1. The second-order valence-corrected chi connectivity index (χ2v) is 6.35. The van der Waals surface area contributed by atoms with E-state index in [4.69, 9.17) is 13.8 Å². The average Bonchev–Trinajstić information content (AvgIpc) is 3.29. The van der Waals surface area contributed by atoms with Crippen molar-refractivity contribution in [2.24, 2.45) is 0 Å². The van der Waals surface area contributed by atoms with Crippen LogP contribution in [0.2, 0.25) is 0 Å². The van der Waals surface area contributed by atoms with Crippen LogP contribution in [-0.4, -0.2) is 22.4 Å². The molecular formula is C21H19N3O3. The summed E-state index contributed by atoms with van der Waals surface area (Å²) >= 11 is 0. The van der Waals surface area contributed by atoms with Crippen LogP contribution in [0.3, 0.4) is 0 Å². The number of rotatable bonds is 4.